The summed E-state index contributed by atoms with van der Waals surface area (Å²) in [4.78, 5) is 0. The minimum atomic E-state index is -0.140. The number of rotatable bonds is 4. The first-order chi connectivity index (χ1) is 10.2. The van der Waals surface area contributed by atoms with Crippen LogP contribution in [0.5, 0.6) is 0 Å². The Morgan fingerprint density at radius 1 is 1.19 bits per heavy atom. The second kappa shape index (κ2) is 5.98. The van der Waals surface area contributed by atoms with Gasteiger partial charge >= 0.3 is 0 Å². The van der Waals surface area contributed by atoms with Crippen molar-refractivity contribution in [2.45, 2.75) is 39.2 Å². The molecular formula is C19H22FN. The molecule has 1 aliphatic carbocycles. The third-order valence-corrected chi connectivity index (χ3v) is 4.29. The molecule has 1 nitrogen and oxygen atoms in total. The lowest BCUT2D eigenvalue weighted by atomic mass is 9.98. The van der Waals surface area contributed by atoms with Gasteiger partial charge in [0.2, 0.25) is 0 Å². The van der Waals surface area contributed by atoms with Crippen LogP contribution in [0, 0.1) is 12.7 Å². The topological polar surface area (TPSA) is 12.0 Å². The molecule has 0 saturated carbocycles. The second-order valence-electron chi connectivity index (χ2n) is 5.94. The quantitative estimate of drug-likeness (QED) is 0.851. The summed E-state index contributed by atoms with van der Waals surface area (Å²) in [6.07, 6.45) is 3.38. The average molecular weight is 283 g/mol. The Labute approximate surface area is 126 Å². The highest BCUT2D eigenvalue weighted by atomic mass is 19.1. The fourth-order valence-electron chi connectivity index (χ4n) is 3.18. The van der Waals surface area contributed by atoms with Crippen molar-refractivity contribution in [3.05, 3.63) is 58.9 Å². The van der Waals surface area contributed by atoms with E-state index in [4.69, 9.17) is 0 Å². The van der Waals surface area contributed by atoms with Crippen LogP contribution in [0.3, 0.4) is 0 Å². The van der Waals surface area contributed by atoms with Gasteiger partial charge < -0.3 is 5.32 Å². The van der Waals surface area contributed by atoms with E-state index in [1.54, 1.807) is 6.07 Å². The first-order valence-corrected chi connectivity index (χ1v) is 7.81. The van der Waals surface area contributed by atoms with E-state index in [1.807, 2.05) is 19.1 Å². The molecule has 2 heteroatoms. The molecule has 0 fully saturated rings. The summed E-state index contributed by atoms with van der Waals surface area (Å²) in [6, 6.07) is 12.2. The fraction of sp³-hybridized carbons (Fsp3) is 0.368. The van der Waals surface area contributed by atoms with Crippen LogP contribution >= 0.6 is 0 Å². The summed E-state index contributed by atoms with van der Waals surface area (Å²) in [5.74, 6) is -0.140. The van der Waals surface area contributed by atoms with E-state index in [-0.39, 0.29) is 5.82 Å². The van der Waals surface area contributed by atoms with Gasteiger partial charge in [-0.3, -0.25) is 0 Å². The van der Waals surface area contributed by atoms with Crippen molar-refractivity contribution in [2.75, 3.05) is 6.54 Å². The molecular weight excluding hydrogens is 261 g/mol. The van der Waals surface area contributed by atoms with Crippen LogP contribution in [-0.4, -0.2) is 6.54 Å². The molecule has 0 aliphatic heterocycles. The highest BCUT2D eigenvalue weighted by Gasteiger charge is 2.22. The van der Waals surface area contributed by atoms with Gasteiger partial charge in [-0.25, -0.2) is 4.39 Å². The van der Waals surface area contributed by atoms with Crippen molar-refractivity contribution < 1.29 is 4.39 Å². The van der Waals surface area contributed by atoms with Gasteiger partial charge in [0.15, 0.2) is 0 Å². The van der Waals surface area contributed by atoms with E-state index < -0.39 is 0 Å². The van der Waals surface area contributed by atoms with Gasteiger partial charge in [-0.15, -0.1) is 0 Å². The van der Waals surface area contributed by atoms with Crippen LogP contribution in [0.1, 0.15) is 42.5 Å². The lowest BCUT2D eigenvalue weighted by molar-refractivity contribution is 0.529. The van der Waals surface area contributed by atoms with Crippen LogP contribution in [0.25, 0.3) is 11.1 Å². The molecule has 0 saturated heterocycles. The zero-order valence-corrected chi connectivity index (χ0v) is 12.7. The van der Waals surface area contributed by atoms with Crippen molar-refractivity contribution in [2.24, 2.45) is 0 Å². The molecule has 1 atom stereocenters. The number of nitrogens with one attached hydrogen (secondary N) is 1. The number of aryl methyl sites for hydroxylation is 2. The highest BCUT2D eigenvalue weighted by molar-refractivity contribution is 5.67. The van der Waals surface area contributed by atoms with Crippen molar-refractivity contribution in [3.8, 4) is 11.1 Å². The molecule has 0 radical (unpaired) electrons. The van der Waals surface area contributed by atoms with Crippen LogP contribution in [-0.2, 0) is 6.42 Å². The fourth-order valence-corrected chi connectivity index (χ4v) is 3.18. The van der Waals surface area contributed by atoms with Gasteiger partial charge in [-0.05, 0) is 61.6 Å². The Morgan fingerprint density at radius 3 is 2.86 bits per heavy atom. The minimum Gasteiger partial charge on any atom is -0.310 e. The summed E-state index contributed by atoms with van der Waals surface area (Å²) in [7, 11) is 0. The molecule has 0 bridgehead atoms. The molecule has 2 aromatic carbocycles. The molecule has 1 aliphatic rings. The van der Waals surface area contributed by atoms with E-state index in [1.165, 1.54) is 11.1 Å². The molecule has 3 rings (SSSR count). The molecule has 0 heterocycles. The van der Waals surface area contributed by atoms with Crippen molar-refractivity contribution in [1.29, 1.82) is 0 Å². The second-order valence-corrected chi connectivity index (χ2v) is 5.94. The summed E-state index contributed by atoms with van der Waals surface area (Å²) in [5.41, 5.74) is 5.55. The Bertz CT molecular complexity index is 648. The van der Waals surface area contributed by atoms with Gasteiger partial charge in [-0.2, -0.15) is 0 Å². The summed E-state index contributed by atoms with van der Waals surface area (Å²) >= 11 is 0. The van der Waals surface area contributed by atoms with E-state index in [9.17, 15) is 4.39 Å². The van der Waals surface area contributed by atoms with Crippen molar-refractivity contribution in [1.82, 2.24) is 5.32 Å². The molecule has 1 N–H and O–H groups in total. The maximum absolute atomic E-state index is 14.0. The molecule has 1 unspecified atom stereocenters. The van der Waals surface area contributed by atoms with Crippen molar-refractivity contribution in [3.63, 3.8) is 0 Å². The Morgan fingerprint density at radius 2 is 2.05 bits per heavy atom. The predicted octanol–water partition coefficient (Wildman–Crippen LogP) is 4.79. The molecule has 21 heavy (non-hydrogen) atoms. The van der Waals surface area contributed by atoms with Gasteiger partial charge in [0, 0.05) is 11.6 Å². The molecule has 2 aromatic rings. The number of halogens is 1. The number of hydrogen-bond donors (Lipinski definition) is 1. The zero-order valence-electron chi connectivity index (χ0n) is 12.7. The van der Waals surface area contributed by atoms with E-state index in [0.717, 1.165) is 36.9 Å². The van der Waals surface area contributed by atoms with E-state index in [0.29, 0.717) is 11.6 Å². The Hall–Kier alpha value is -1.67. The summed E-state index contributed by atoms with van der Waals surface area (Å²) in [5, 5.41) is 3.59. The van der Waals surface area contributed by atoms with Crippen LogP contribution in [0.15, 0.2) is 36.4 Å². The van der Waals surface area contributed by atoms with E-state index >= 15 is 0 Å². The third-order valence-electron chi connectivity index (χ3n) is 4.29. The average Bonchev–Trinajstić information content (AvgIpc) is 2.90. The molecule has 110 valence electrons. The van der Waals surface area contributed by atoms with E-state index in [2.05, 4.69) is 30.4 Å². The minimum absolute atomic E-state index is 0.140. The largest absolute Gasteiger partial charge is 0.310 e. The summed E-state index contributed by atoms with van der Waals surface area (Å²) < 4.78 is 14.0. The van der Waals surface area contributed by atoms with Crippen LogP contribution in [0.2, 0.25) is 0 Å². The van der Waals surface area contributed by atoms with Gasteiger partial charge in [-0.1, -0.05) is 36.8 Å². The third kappa shape index (κ3) is 2.86. The highest BCUT2D eigenvalue weighted by Crippen LogP contribution is 2.35. The Balaban J connectivity index is 1.92. The van der Waals surface area contributed by atoms with Gasteiger partial charge in [0.1, 0.15) is 5.82 Å². The number of hydrogen-bond acceptors (Lipinski definition) is 1. The predicted molar refractivity (Wildman–Crippen MR) is 85.9 cm³/mol. The van der Waals surface area contributed by atoms with Crippen LogP contribution in [0.4, 0.5) is 4.39 Å². The molecule has 0 aromatic heterocycles. The molecule has 0 amide bonds. The lowest BCUT2D eigenvalue weighted by Gasteiger charge is -2.14. The number of fused-ring (bicyclic) bond motifs is 1. The zero-order chi connectivity index (χ0) is 14.8. The Kier molecular flexibility index (Phi) is 4.07. The normalized spacial score (nSPS) is 17.0. The van der Waals surface area contributed by atoms with Crippen molar-refractivity contribution >= 4 is 0 Å². The maximum Gasteiger partial charge on any atom is 0.131 e. The first-order valence-electron chi connectivity index (χ1n) is 7.81. The molecule has 0 spiro atoms. The summed E-state index contributed by atoms with van der Waals surface area (Å²) in [6.45, 7) is 5.24. The number of benzene rings is 2. The SMILES string of the molecule is CCCNC1CCc2cc(-c3cc(C)ccc3F)ccc21. The standard InChI is InChI=1S/C19H22FN/c1-3-10-21-19-9-6-14-12-15(5-7-16(14)19)17-11-13(2)4-8-18(17)20/h4-5,7-8,11-12,19,21H,3,6,9-10H2,1-2H3. The maximum atomic E-state index is 14.0. The van der Waals surface area contributed by atoms with Gasteiger partial charge in [0.25, 0.3) is 0 Å². The van der Waals surface area contributed by atoms with Gasteiger partial charge in [0.05, 0.1) is 0 Å². The lowest BCUT2D eigenvalue weighted by Crippen LogP contribution is -2.19. The smallest absolute Gasteiger partial charge is 0.131 e. The monoisotopic (exact) mass is 283 g/mol. The first kappa shape index (κ1) is 14.3. The van der Waals surface area contributed by atoms with Crippen LogP contribution < -0.4 is 5.32 Å².